The zero-order valence-corrected chi connectivity index (χ0v) is 14.2. The fourth-order valence-electron chi connectivity index (χ4n) is 3.17. The number of hydrogen-bond donors (Lipinski definition) is 1. The summed E-state index contributed by atoms with van der Waals surface area (Å²) in [7, 11) is 0. The summed E-state index contributed by atoms with van der Waals surface area (Å²) in [5, 5.41) is 4.67. The SMILES string of the molecule is CSC1CCC(NC(C)c2ccc(CC(C)C)cc2)C1. The molecule has 1 N–H and O–H groups in total. The molecule has 0 radical (unpaired) electrons. The van der Waals surface area contributed by atoms with E-state index in [-0.39, 0.29) is 0 Å². The maximum atomic E-state index is 3.81. The predicted octanol–water partition coefficient (Wildman–Crippen LogP) is 4.82. The lowest BCUT2D eigenvalue weighted by Crippen LogP contribution is -2.29. The second kappa shape index (κ2) is 7.51. The molecule has 0 saturated heterocycles. The van der Waals surface area contributed by atoms with Crippen LogP contribution in [0.1, 0.15) is 57.2 Å². The molecular weight excluding hydrogens is 262 g/mol. The normalized spacial score (nSPS) is 24.2. The van der Waals surface area contributed by atoms with Crippen LogP contribution in [-0.2, 0) is 6.42 Å². The second-order valence-electron chi connectivity index (χ2n) is 6.60. The second-order valence-corrected chi connectivity index (χ2v) is 7.73. The zero-order chi connectivity index (χ0) is 14.5. The highest BCUT2D eigenvalue weighted by molar-refractivity contribution is 7.99. The summed E-state index contributed by atoms with van der Waals surface area (Å²) < 4.78 is 0. The van der Waals surface area contributed by atoms with Gasteiger partial charge >= 0.3 is 0 Å². The summed E-state index contributed by atoms with van der Waals surface area (Å²) >= 11 is 2.03. The predicted molar refractivity (Wildman–Crippen MR) is 91.5 cm³/mol. The van der Waals surface area contributed by atoms with E-state index in [0.717, 1.165) is 11.2 Å². The lowest BCUT2D eigenvalue weighted by Gasteiger charge is -2.20. The van der Waals surface area contributed by atoms with Gasteiger partial charge in [0.2, 0.25) is 0 Å². The van der Waals surface area contributed by atoms with Crippen molar-refractivity contribution in [2.24, 2.45) is 5.92 Å². The Hall–Kier alpha value is -0.470. The van der Waals surface area contributed by atoms with Crippen molar-refractivity contribution in [3.05, 3.63) is 35.4 Å². The van der Waals surface area contributed by atoms with E-state index in [1.54, 1.807) is 0 Å². The van der Waals surface area contributed by atoms with Gasteiger partial charge in [0.25, 0.3) is 0 Å². The summed E-state index contributed by atoms with van der Waals surface area (Å²) in [4.78, 5) is 0. The van der Waals surface area contributed by atoms with E-state index >= 15 is 0 Å². The minimum absolute atomic E-state index is 0.466. The summed E-state index contributed by atoms with van der Waals surface area (Å²) in [6.45, 7) is 6.85. The van der Waals surface area contributed by atoms with Crippen LogP contribution in [0.3, 0.4) is 0 Å². The highest BCUT2D eigenvalue weighted by atomic mass is 32.2. The molecule has 1 aliphatic carbocycles. The Kier molecular flexibility index (Phi) is 5.98. The van der Waals surface area contributed by atoms with Crippen molar-refractivity contribution in [2.45, 2.75) is 63.8 Å². The lowest BCUT2D eigenvalue weighted by molar-refractivity contribution is 0.462. The van der Waals surface area contributed by atoms with E-state index in [0.29, 0.717) is 12.1 Å². The van der Waals surface area contributed by atoms with Crippen LogP contribution in [0, 0.1) is 5.92 Å². The Labute approximate surface area is 128 Å². The number of hydrogen-bond acceptors (Lipinski definition) is 2. The lowest BCUT2D eigenvalue weighted by atomic mass is 9.99. The van der Waals surface area contributed by atoms with Crippen molar-refractivity contribution >= 4 is 11.8 Å². The fraction of sp³-hybridized carbons (Fsp3) is 0.667. The standard InChI is InChI=1S/C18H29NS/c1-13(2)11-15-5-7-16(8-6-15)14(3)19-17-9-10-18(12-17)20-4/h5-8,13-14,17-19H,9-12H2,1-4H3. The number of nitrogens with one attached hydrogen (secondary N) is 1. The molecule has 1 saturated carbocycles. The highest BCUT2D eigenvalue weighted by Gasteiger charge is 2.24. The van der Waals surface area contributed by atoms with Gasteiger partial charge in [-0.15, -0.1) is 0 Å². The molecule has 0 bridgehead atoms. The van der Waals surface area contributed by atoms with Gasteiger partial charge in [-0.2, -0.15) is 11.8 Å². The zero-order valence-electron chi connectivity index (χ0n) is 13.4. The van der Waals surface area contributed by atoms with Gasteiger partial charge < -0.3 is 5.32 Å². The first kappa shape index (κ1) is 15.9. The number of rotatable bonds is 6. The van der Waals surface area contributed by atoms with E-state index in [1.807, 2.05) is 11.8 Å². The first-order chi connectivity index (χ1) is 9.58. The average molecular weight is 292 g/mol. The van der Waals surface area contributed by atoms with Crippen LogP contribution in [0.5, 0.6) is 0 Å². The molecule has 3 unspecified atom stereocenters. The minimum Gasteiger partial charge on any atom is -0.307 e. The van der Waals surface area contributed by atoms with Gasteiger partial charge in [0, 0.05) is 17.3 Å². The van der Waals surface area contributed by atoms with Gasteiger partial charge in [-0.3, -0.25) is 0 Å². The molecule has 0 spiro atoms. The summed E-state index contributed by atoms with van der Waals surface area (Å²) in [6.07, 6.45) is 7.46. The van der Waals surface area contributed by atoms with Gasteiger partial charge in [0.05, 0.1) is 0 Å². The van der Waals surface area contributed by atoms with Crippen molar-refractivity contribution in [2.75, 3.05) is 6.26 Å². The Balaban J connectivity index is 1.87. The smallest absolute Gasteiger partial charge is 0.0294 e. The minimum atomic E-state index is 0.466. The molecule has 1 aliphatic rings. The third kappa shape index (κ3) is 4.53. The van der Waals surface area contributed by atoms with Gasteiger partial charge in [-0.05, 0) is 55.9 Å². The first-order valence-corrected chi connectivity index (χ1v) is 9.25. The van der Waals surface area contributed by atoms with Crippen LogP contribution in [0.2, 0.25) is 0 Å². The summed E-state index contributed by atoms with van der Waals surface area (Å²) in [5.41, 5.74) is 2.88. The quantitative estimate of drug-likeness (QED) is 0.806. The Morgan fingerprint density at radius 3 is 2.40 bits per heavy atom. The fourth-order valence-corrected chi connectivity index (χ4v) is 3.97. The molecule has 2 heteroatoms. The monoisotopic (exact) mass is 291 g/mol. The van der Waals surface area contributed by atoms with Gasteiger partial charge in [-0.25, -0.2) is 0 Å². The van der Waals surface area contributed by atoms with E-state index in [9.17, 15) is 0 Å². The Morgan fingerprint density at radius 1 is 1.15 bits per heavy atom. The Bertz CT molecular complexity index is 398. The maximum absolute atomic E-state index is 3.81. The van der Waals surface area contributed by atoms with Gasteiger partial charge in [0.15, 0.2) is 0 Å². The molecule has 0 aliphatic heterocycles. The molecule has 3 atom stereocenters. The molecule has 1 aromatic rings. The third-order valence-electron chi connectivity index (χ3n) is 4.33. The Morgan fingerprint density at radius 2 is 1.85 bits per heavy atom. The molecule has 1 nitrogen and oxygen atoms in total. The van der Waals surface area contributed by atoms with Crippen LogP contribution in [0.15, 0.2) is 24.3 Å². The van der Waals surface area contributed by atoms with Crippen molar-refractivity contribution in [1.82, 2.24) is 5.32 Å². The molecular formula is C18H29NS. The largest absolute Gasteiger partial charge is 0.307 e. The van der Waals surface area contributed by atoms with Crippen molar-refractivity contribution in [3.8, 4) is 0 Å². The number of thioether (sulfide) groups is 1. The molecule has 0 amide bonds. The van der Waals surface area contributed by atoms with Gasteiger partial charge in [-0.1, -0.05) is 38.1 Å². The molecule has 0 aromatic heterocycles. The number of benzene rings is 1. The van der Waals surface area contributed by atoms with Crippen LogP contribution in [0.25, 0.3) is 0 Å². The van der Waals surface area contributed by atoms with Crippen LogP contribution < -0.4 is 5.32 Å². The van der Waals surface area contributed by atoms with E-state index in [1.165, 1.54) is 36.8 Å². The highest BCUT2D eigenvalue weighted by Crippen LogP contribution is 2.29. The topological polar surface area (TPSA) is 12.0 Å². The molecule has 0 heterocycles. The molecule has 1 fully saturated rings. The molecule has 2 rings (SSSR count). The van der Waals surface area contributed by atoms with E-state index < -0.39 is 0 Å². The molecule has 112 valence electrons. The summed E-state index contributed by atoms with van der Waals surface area (Å²) in [5.74, 6) is 0.735. The first-order valence-electron chi connectivity index (χ1n) is 7.96. The average Bonchev–Trinajstić information content (AvgIpc) is 2.86. The van der Waals surface area contributed by atoms with Crippen LogP contribution in [-0.4, -0.2) is 17.5 Å². The van der Waals surface area contributed by atoms with Gasteiger partial charge in [0.1, 0.15) is 0 Å². The molecule has 20 heavy (non-hydrogen) atoms. The third-order valence-corrected chi connectivity index (χ3v) is 5.42. The van der Waals surface area contributed by atoms with Crippen LogP contribution in [0.4, 0.5) is 0 Å². The van der Waals surface area contributed by atoms with Crippen LogP contribution >= 0.6 is 11.8 Å². The maximum Gasteiger partial charge on any atom is 0.0294 e. The van der Waals surface area contributed by atoms with Crippen molar-refractivity contribution < 1.29 is 0 Å². The van der Waals surface area contributed by atoms with E-state index in [2.05, 4.69) is 56.6 Å². The molecule has 1 aromatic carbocycles. The van der Waals surface area contributed by atoms with Crippen molar-refractivity contribution in [1.29, 1.82) is 0 Å². The van der Waals surface area contributed by atoms with Crippen molar-refractivity contribution in [3.63, 3.8) is 0 Å². The summed E-state index contributed by atoms with van der Waals surface area (Å²) in [6, 6.07) is 10.4. The van der Waals surface area contributed by atoms with E-state index in [4.69, 9.17) is 0 Å².